The Balaban J connectivity index is 1.32. The molecule has 32 heavy (non-hydrogen) atoms. The summed E-state index contributed by atoms with van der Waals surface area (Å²) in [6.07, 6.45) is 5.48. The monoisotopic (exact) mass is 492 g/mol. The number of carbonyl (C=O) groups excluding carboxylic acids is 1. The Bertz CT molecular complexity index is 1270. The van der Waals surface area contributed by atoms with Crippen LogP contribution < -0.4 is 5.32 Å². The number of hydrogen-bond donors (Lipinski definition) is 1. The average Bonchev–Trinajstić information content (AvgIpc) is 3.54. The quantitative estimate of drug-likeness (QED) is 0.574. The summed E-state index contributed by atoms with van der Waals surface area (Å²) in [5.41, 5.74) is 3.44. The molecule has 1 fully saturated rings. The third kappa shape index (κ3) is 4.07. The molecule has 8 nitrogen and oxygen atoms in total. The Hall–Kier alpha value is -2.27. The van der Waals surface area contributed by atoms with E-state index in [0.717, 1.165) is 29.7 Å². The fraction of sp³-hybridized carbons (Fsp3) is 0.381. The Morgan fingerprint density at radius 2 is 1.94 bits per heavy atom. The normalized spacial score (nSPS) is 19.1. The number of sulfonamides is 1. The van der Waals surface area contributed by atoms with Gasteiger partial charge in [0.1, 0.15) is 10.3 Å². The number of benzene rings is 1. The Morgan fingerprint density at radius 1 is 1.12 bits per heavy atom. The topological polar surface area (TPSA) is 105 Å². The number of fused-ring (bicyclic) bond motifs is 1. The van der Waals surface area contributed by atoms with Crippen LogP contribution in [0.2, 0.25) is 4.34 Å². The molecule has 2 aliphatic rings. The lowest BCUT2D eigenvalue weighted by Gasteiger charge is -2.21. The van der Waals surface area contributed by atoms with Crippen LogP contribution in [-0.2, 0) is 27.7 Å². The molecule has 1 atom stereocenters. The van der Waals surface area contributed by atoms with Crippen LogP contribution in [-0.4, -0.2) is 41.4 Å². The van der Waals surface area contributed by atoms with Crippen molar-refractivity contribution in [2.24, 2.45) is 0 Å². The van der Waals surface area contributed by atoms with E-state index in [9.17, 15) is 13.2 Å². The van der Waals surface area contributed by atoms with Crippen molar-refractivity contribution < 1.29 is 17.6 Å². The van der Waals surface area contributed by atoms with E-state index in [1.807, 2.05) is 6.07 Å². The van der Waals surface area contributed by atoms with Gasteiger partial charge in [0.25, 0.3) is 10.0 Å². The summed E-state index contributed by atoms with van der Waals surface area (Å²) < 4.78 is 33.3. The fourth-order valence-corrected chi connectivity index (χ4v) is 7.56. The highest BCUT2D eigenvalue weighted by molar-refractivity contribution is 7.91. The van der Waals surface area contributed by atoms with Crippen molar-refractivity contribution in [1.29, 1.82) is 0 Å². The van der Waals surface area contributed by atoms with E-state index in [0.29, 0.717) is 23.1 Å². The maximum atomic E-state index is 13.0. The van der Waals surface area contributed by atoms with Crippen molar-refractivity contribution in [3.8, 4) is 11.5 Å². The second-order valence-corrected chi connectivity index (χ2v) is 11.8. The number of anilines is 1. The van der Waals surface area contributed by atoms with Crippen molar-refractivity contribution >= 4 is 44.9 Å². The predicted octanol–water partition coefficient (Wildman–Crippen LogP) is 4.12. The van der Waals surface area contributed by atoms with E-state index in [-0.39, 0.29) is 16.8 Å². The minimum absolute atomic E-state index is 0.0499. The molecule has 3 aromatic rings. The van der Waals surface area contributed by atoms with Gasteiger partial charge in [-0.05, 0) is 73.9 Å². The van der Waals surface area contributed by atoms with E-state index in [4.69, 9.17) is 16.0 Å². The van der Waals surface area contributed by atoms with E-state index < -0.39 is 22.0 Å². The van der Waals surface area contributed by atoms with Crippen LogP contribution in [0.15, 0.2) is 39.0 Å². The van der Waals surface area contributed by atoms with E-state index in [2.05, 4.69) is 27.6 Å². The van der Waals surface area contributed by atoms with Crippen LogP contribution in [0.4, 0.5) is 6.01 Å². The zero-order valence-corrected chi connectivity index (χ0v) is 19.5. The van der Waals surface area contributed by atoms with Gasteiger partial charge in [-0.2, -0.15) is 4.31 Å². The first-order valence-electron chi connectivity index (χ1n) is 10.5. The maximum absolute atomic E-state index is 13.0. The van der Waals surface area contributed by atoms with Gasteiger partial charge in [0, 0.05) is 12.1 Å². The molecule has 0 bridgehead atoms. The van der Waals surface area contributed by atoms with Crippen molar-refractivity contribution in [1.82, 2.24) is 14.5 Å². The number of nitrogens with zero attached hydrogens (tertiary/aromatic N) is 3. The summed E-state index contributed by atoms with van der Waals surface area (Å²) in [7, 11) is -3.81. The molecule has 0 spiro atoms. The van der Waals surface area contributed by atoms with E-state index >= 15 is 0 Å². The number of carbonyl (C=O) groups is 1. The first kappa shape index (κ1) is 21.6. The number of halogens is 1. The molecule has 0 unspecified atom stereocenters. The first-order chi connectivity index (χ1) is 15.4. The lowest BCUT2D eigenvalue weighted by Crippen LogP contribution is -2.42. The summed E-state index contributed by atoms with van der Waals surface area (Å²) in [5, 5.41) is 10.6. The molecule has 168 valence electrons. The third-order valence-corrected chi connectivity index (χ3v) is 9.48. The average molecular weight is 493 g/mol. The van der Waals surface area contributed by atoms with Gasteiger partial charge in [0.2, 0.25) is 11.8 Å². The standard InChI is InChI=1S/C21H21ClN4O4S2/c22-17-9-10-18(31-17)32(28,29)26-11-3-6-16(26)19(27)23-21-25-24-20(30-21)15-8-7-13-4-1-2-5-14(13)12-15/h7-10,12,16H,1-6,11H2,(H,23,25,27)/t16-/m0/s1. The highest BCUT2D eigenvalue weighted by Gasteiger charge is 2.40. The SMILES string of the molecule is O=C(Nc1nnc(-c2ccc3c(c2)CCCC3)o1)[C@@H]1CCCN1S(=O)(=O)c1ccc(Cl)s1. The van der Waals surface area contributed by atoms with Gasteiger partial charge in [0.15, 0.2) is 0 Å². The zero-order chi connectivity index (χ0) is 22.3. The number of nitrogens with one attached hydrogen (secondary N) is 1. The van der Waals surface area contributed by atoms with Crippen molar-refractivity contribution in [2.45, 2.75) is 48.8 Å². The van der Waals surface area contributed by atoms with Crippen LogP contribution in [0.5, 0.6) is 0 Å². The molecule has 0 radical (unpaired) electrons. The second kappa shape index (κ2) is 8.58. The summed E-state index contributed by atoms with van der Waals surface area (Å²) in [4.78, 5) is 12.9. The number of aromatic nitrogens is 2. The third-order valence-electron chi connectivity index (χ3n) is 5.87. The van der Waals surface area contributed by atoms with E-state index in [1.165, 1.54) is 40.4 Å². The molecular weight excluding hydrogens is 472 g/mol. The number of thiophene rings is 1. The van der Waals surface area contributed by atoms with Crippen molar-refractivity contribution in [3.63, 3.8) is 0 Å². The van der Waals surface area contributed by atoms with Gasteiger partial charge < -0.3 is 4.42 Å². The van der Waals surface area contributed by atoms with Gasteiger partial charge in [-0.1, -0.05) is 22.8 Å². The van der Waals surface area contributed by atoms with Gasteiger partial charge in [-0.3, -0.25) is 10.1 Å². The lowest BCUT2D eigenvalue weighted by atomic mass is 9.90. The molecule has 1 N–H and O–H groups in total. The highest BCUT2D eigenvalue weighted by atomic mass is 35.5. The van der Waals surface area contributed by atoms with Crippen molar-refractivity contribution in [3.05, 3.63) is 45.8 Å². The molecule has 1 amide bonds. The molecule has 0 saturated carbocycles. The molecule has 5 rings (SSSR count). The van der Waals surface area contributed by atoms with Crippen LogP contribution >= 0.6 is 22.9 Å². The summed E-state index contributed by atoms with van der Waals surface area (Å²) in [5.74, 6) is -0.174. The van der Waals surface area contributed by atoms with Crippen LogP contribution in [0.1, 0.15) is 36.8 Å². The molecule has 1 aliphatic heterocycles. The largest absolute Gasteiger partial charge is 0.403 e. The number of amides is 1. The smallest absolute Gasteiger partial charge is 0.322 e. The van der Waals surface area contributed by atoms with Gasteiger partial charge in [-0.25, -0.2) is 8.42 Å². The first-order valence-corrected chi connectivity index (χ1v) is 13.1. The van der Waals surface area contributed by atoms with Crippen LogP contribution in [0.3, 0.4) is 0 Å². The molecular formula is C21H21ClN4O4S2. The number of rotatable bonds is 5. The van der Waals surface area contributed by atoms with Gasteiger partial charge >= 0.3 is 6.01 Å². The number of hydrogen-bond acceptors (Lipinski definition) is 7. The Labute approximate surface area is 194 Å². The Morgan fingerprint density at radius 3 is 2.72 bits per heavy atom. The summed E-state index contributed by atoms with van der Waals surface area (Å²) in [6.45, 7) is 0.264. The molecule has 3 heterocycles. The van der Waals surface area contributed by atoms with Gasteiger partial charge in [-0.15, -0.1) is 16.4 Å². The predicted molar refractivity (Wildman–Crippen MR) is 121 cm³/mol. The van der Waals surface area contributed by atoms with Crippen LogP contribution in [0.25, 0.3) is 11.5 Å². The van der Waals surface area contributed by atoms with Crippen molar-refractivity contribution in [2.75, 3.05) is 11.9 Å². The molecule has 1 aromatic carbocycles. The van der Waals surface area contributed by atoms with Gasteiger partial charge in [0.05, 0.1) is 4.34 Å². The second-order valence-electron chi connectivity index (χ2n) is 7.92. The summed E-state index contributed by atoms with van der Waals surface area (Å²) in [6, 6.07) is 8.19. The zero-order valence-electron chi connectivity index (χ0n) is 17.1. The molecule has 1 aliphatic carbocycles. The maximum Gasteiger partial charge on any atom is 0.322 e. The van der Waals surface area contributed by atoms with Crippen LogP contribution in [0, 0.1) is 0 Å². The van der Waals surface area contributed by atoms with E-state index in [1.54, 1.807) is 0 Å². The minimum Gasteiger partial charge on any atom is -0.403 e. The molecule has 2 aromatic heterocycles. The molecule has 11 heteroatoms. The molecule has 1 saturated heterocycles. The number of aryl methyl sites for hydroxylation is 2. The lowest BCUT2D eigenvalue weighted by molar-refractivity contribution is -0.119. The fourth-order valence-electron chi connectivity index (χ4n) is 4.29. The Kier molecular flexibility index (Phi) is 5.79. The minimum atomic E-state index is -3.81. The highest BCUT2D eigenvalue weighted by Crippen LogP contribution is 2.33. The summed E-state index contributed by atoms with van der Waals surface area (Å²) >= 11 is 6.87.